The first-order valence-electron chi connectivity index (χ1n) is 4.05. The molecular weight excluding hydrogens is 184 g/mol. The SMILES string of the molecule is O=COCc1coc2cc(O)ccc12. The summed E-state index contributed by atoms with van der Waals surface area (Å²) in [5.41, 5.74) is 1.36. The number of phenolic OH excluding ortho intramolecular Hbond substituents is 1. The maximum atomic E-state index is 10.00. The van der Waals surface area contributed by atoms with Crippen LogP contribution >= 0.6 is 0 Å². The molecule has 0 spiro atoms. The van der Waals surface area contributed by atoms with E-state index in [1.54, 1.807) is 12.1 Å². The summed E-state index contributed by atoms with van der Waals surface area (Å²) in [5.74, 6) is 0.148. The second-order valence-electron chi connectivity index (χ2n) is 2.85. The minimum atomic E-state index is 0.148. The average molecular weight is 192 g/mol. The van der Waals surface area contributed by atoms with Gasteiger partial charge >= 0.3 is 0 Å². The molecule has 2 aromatic rings. The molecule has 1 aromatic carbocycles. The van der Waals surface area contributed by atoms with Crippen molar-refractivity contribution < 1.29 is 19.1 Å². The minimum absolute atomic E-state index is 0.148. The zero-order valence-corrected chi connectivity index (χ0v) is 7.27. The van der Waals surface area contributed by atoms with E-state index in [0.717, 1.165) is 10.9 Å². The Morgan fingerprint density at radius 1 is 1.50 bits per heavy atom. The molecule has 1 heterocycles. The molecule has 0 atom stereocenters. The number of phenols is 1. The molecule has 0 bridgehead atoms. The van der Waals surface area contributed by atoms with Crippen molar-refractivity contribution in [2.24, 2.45) is 0 Å². The fraction of sp³-hybridized carbons (Fsp3) is 0.100. The third-order valence-electron chi connectivity index (χ3n) is 1.95. The Hall–Kier alpha value is -1.97. The third-order valence-corrected chi connectivity index (χ3v) is 1.95. The van der Waals surface area contributed by atoms with E-state index < -0.39 is 0 Å². The Kier molecular flexibility index (Phi) is 2.10. The van der Waals surface area contributed by atoms with E-state index in [-0.39, 0.29) is 12.4 Å². The van der Waals surface area contributed by atoms with Crippen molar-refractivity contribution in [3.8, 4) is 5.75 Å². The molecule has 0 radical (unpaired) electrons. The molecule has 0 fully saturated rings. The fourth-order valence-corrected chi connectivity index (χ4v) is 1.31. The number of ether oxygens (including phenoxy) is 1. The Bertz CT molecular complexity index is 458. The molecule has 14 heavy (non-hydrogen) atoms. The van der Waals surface area contributed by atoms with Crippen molar-refractivity contribution in [1.29, 1.82) is 0 Å². The van der Waals surface area contributed by atoms with Gasteiger partial charge in [-0.3, -0.25) is 4.79 Å². The highest BCUT2D eigenvalue weighted by Gasteiger charge is 2.06. The lowest BCUT2D eigenvalue weighted by Crippen LogP contribution is -1.87. The summed E-state index contributed by atoms with van der Waals surface area (Å²) in [6.45, 7) is 0.570. The predicted octanol–water partition coefficient (Wildman–Crippen LogP) is 1.81. The van der Waals surface area contributed by atoms with Crippen LogP contribution in [0.2, 0.25) is 0 Å². The molecule has 0 saturated heterocycles. The summed E-state index contributed by atoms with van der Waals surface area (Å²) in [5, 5.41) is 10.0. The van der Waals surface area contributed by atoms with Crippen LogP contribution in [-0.2, 0) is 16.1 Å². The molecule has 1 N–H and O–H groups in total. The Morgan fingerprint density at radius 2 is 2.36 bits per heavy atom. The van der Waals surface area contributed by atoms with Gasteiger partial charge in [-0.25, -0.2) is 0 Å². The number of fused-ring (bicyclic) bond motifs is 1. The smallest absolute Gasteiger partial charge is 0.293 e. The highest BCUT2D eigenvalue weighted by atomic mass is 16.5. The number of furan rings is 1. The van der Waals surface area contributed by atoms with Gasteiger partial charge in [0, 0.05) is 17.0 Å². The van der Waals surface area contributed by atoms with E-state index in [0.29, 0.717) is 12.1 Å². The van der Waals surface area contributed by atoms with Crippen LogP contribution in [0.25, 0.3) is 11.0 Å². The summed E-state index contributed by atoms with van der Waals surface area (Å²) in [4.78, 5) is 10.00. The van der Waals surface area contributed by atoms with Crippen molar-refractivity contribution in [1.82, 2.24) is 0 Å². The lowest BCUT2D eigenvalue weighted by atomic mass is 10.2. The van der Waals surface area contributed by atoms with Gasteiger partial charge in [-0.1, -0.05) is 0 Å². The zero-order valence-electron chi connectivity index (χ0n) is 7.27. The first-order valence-corrected chi connectivity index (χ1v) is 4.05. The number of hydrogen-bond donors (Lipinski definition) is 1. The van der Waals surface area contributed by atoms with Crippen molar-refractivity contribution in [3.63, 3.8) is 0 Å². The van der Waals surface area contributed by atoms with Gasteiger partial charge in [0.25, 0.3) is 6.47 Å². The van der Waals surface area contributed by atoms with E-state index in [1.807, 2.05) is 0 Å². The van der Waals surface area contributed by atoms with Gasteiger partial charge in [-0.2, -0.15) is 0 Å². The molecule has 0 saturated carbocycles. The van der Waals surface area contributed by atoms with Gasteiger partial charge < -0.3 is 14.3 Å². The first kappa shape index (κ1) is 8.62. The van der Waals surface area contributed by atoms with Crippen LogP contribution in [0.15, 0.2) is 28.9 Å². The van der Waals surface area contributed by atoms with Crippen LogP contribution in [0.5, 0.6) is 5.75 Å². The molecule has 4 heteroatoms. The first-order chi connectivity index (χ1) is 6.81. The molecule has 72 valence electrons. The summed E-state index contributed by atoms with van der Waals surface area (Å²) < 4.78 is 9.78. The number of hydrogen-bond acceptors (Lipinski definition) is 4. The molecule has 1 aromatic heterocycles. The monoisotopic (exact) mass is 192 g/mol. The lowest BCUT2D eigenvalue weighted by molar-refractivity contribution is -0.129. The highest BCUT2D eigenvalue weighted by molar-refractivity contribution is 5.82. The van der Waals surface area contributed by atoms with Gasteiger partial charge in [0.15, 0.2) is 0 Å². The summed E-state index contributed by atoms with van der Waals surface area (Å²) in [6, 6.07) is 4.79. The van der Waals surface area contributed by atoms with Crippen molar-refractivity contribution in [2.45, 2.75) is 6.61 Å². The summed E-state index contributed by atoms with van der Waals surface area (Å²) >= 11 is 0. The second-order valence-corrected chi connectivity index (χ2v) is 2.85. The summed E-state index contributed by atoms with van der Waals surface area (Å²) in [6.07, 6.45) is 1.51. The normalized spacial score (nSPS) is 10.3. The van der Waals surface area contributed by atoms with Gasteiger partial charge in [-0.15, -0.1) is 0 Å². The Labute approximate surface area is 79.7 Å². The molecule has 0 aliphatic carbocycles. The van der Waals surface area contributed by atoms with E-state index in [2.05, 4.69) is 4.74 Å². The standard InChI is InChI=1S/C10H8O4/c11-6-13-4-7-5-14-10-3-8(12)1-2-9(7)10/h1-3,5-6,12H,4H2. The molecule has 0 amide bonds. The molecule has 0 unspecified atom stereocenters. The number of aromatic hydroxyl groups is 1. The number of benzene rings is 1. The van der Waals surface area contributed by atoms with Crippen LogP contribution in [0.3, 0.4) is 0 Å². The fourth-order valence-electron chi connectivity index (χ4n) is 1.31. The van der Waals surface area contributed by atoms with Crippen molar-refractivity contribution >= 4 is 17.4 Å². The van der Waals surface area contributed by atoms with Crippen LogP contribution in [0.4, 0.5) is 0 Å². The van der Waals surface area contributed by atoms with Crippen LogP contribution in [-0.4, -0.2) is 11.6 Å². The zero-order chi connectivity index (χ0) is 9.97. The topological polar surface area (TPSA) is 59.7 Å². The maximum absolute atomic E-state index is 10.00. The molecule has 0 aliphatic heterocycles. The van der Waals surface area contributed by atoms with Gasteiger partial charge in [0.05, 0.1) is 6.26 Å². The highest BCUT2D eigenvalue weighted by Crippen LogP contribution is 2.25. The third kappa shape index (κ3) is 1.42. The van der Waals surface area contributed by atoms with E-state index >= 15 is 0 Å². The number of carbonyl (C=O) groups excluding carboxylic acids is 1. The maximum Gasteiger partial charge on any atom is 0.293 e. The van der Waals surface area contributed by atoms with E-state index in [9.17, 15) is 4.79 Å². The van der Waals surface area contributed by atoms with Crippen LogP contribution in [0.1, 0.15) is 5.56 Å². The molecule has 2 rings (SSSR count). The van der Waals surface area contributed by atoms with Crippen LogP contribution < -0.4 is 0 Å². The van der Waals surface area contributed by atoms with Crippen LogP contribution in [0, 0.1) is 0 Å². The minimum Gasteiger partial charge on any atom is -0.508 e. The Morgan fingerprint density at radius 3 is 3.14 bits per heavy atom. The second kappa shape index (κ2) is 3.41. The number of carbonyl (C=O) groups is 1. The summed E-state index contributed by atoms with van der Waals surface area (Å²) in [7, 11) is 0. The van der Waals surface area contributed by atoms with Gasteiger partial charge in [0.2, 0.25) is 0 Å². The predicted molar refractivity (Wildman–Crippen MR) is 48.7 cm³/mol. The Balaban J connectivity index is 2.42. The quantitative estimate of drug-likeness (QED) is 0.753. The molecule has 0 aliphatic rings. The van der Waals surface area contributed by atoms with Crippen molar-refractivity contribution in [3.05, 3.63) is 30.0 Å². The molecular formula is C10H8O4. The van der Waals surface area contributed by atoms with Gasteiger partial charge in [0.1, 0.15) is 17.9 Å². The lowest BCUT2D eigenvalue weighted by Gasteiger charge is -1.95. The van der Waals surface area contributed by atoms with E-state index in [1.165, 1.54) is 12.3 Å². The van der Waals surface area contributed by atoms with Gasteiger partial charge in [-0.05, 0) is 12.1 Å². The van der Waals surface area contributed by atoms with Crippen molar-refractivity contribution in [2.75, 3.05) is 0 Å². The average Bonchev–Trinajstić information content (AvgIpc) is 2.57. The van der Waals surface area contributed by atoms with E-state index in [4.69, 9.17) is 9.52 Å². The molecule has 4 nitrogen and oxygen atoms in total. The largest absolute Gasteiger partial charge is 0.508 e. The number of rotatable bonds is 3.